The summed E-state index contributed by atoms with van der Waals surface area (Å²) in [5, 5.41) is 7.41. The number of aromatic amines is 2. The topological polar surface area (TPSA) is 188 Å². The molecule has 7 rings (SSSR count). The summed E-state index contributed by atoms with van der Waals surface area (Å²) in [6, 6.07) is 14.7. The van der Waals surface area contributed by atoms with E-state index in [1.165, 1.54) is 14.2 Å². The minimum atomic E-state index is -0.700. The lowest BCUT2D eigenvalue weighted by atomic mass is 10.00. The van der Waals surface area contributed by atoms with Crippen molar-refractivity contribution < 1.29 is 28.7 Å². The van der Waals surface area contributed by atoms with E-state index in [0.717, 1.165) is 76.1 Å². The van der Waals surface area contributed by atoms with Crippen LogP contribution in [0.15, 0.2) is 67.1 Å². The van der Waals surface area contributed by atoms with Crippen molar-refractivity contribution in [2.75, 3.05) is 27.3 Å². The summed E-state index contributed by atoms with van der Waals surface area (Å²) in [5.41, 5.74) is 5.43. The summed E-state index contributed by atoms with van der Waals surface area (Å²) in [6.07, 6.45) is 7.38. The number of nitrogens with one attached hydrogen (secondary N) is 4. The Morgan fingerprint density at radius 1 is 0.638 bits per heavy atom. The monoisotopic (exact) mass is 789 g/mol. The molecule has 15 heteroatoms. The third kappa shape index (κ3) is 8.25. The van der Waals surface area contributed by atoms with Crippen molar-refractivity contribution in [1.82, 2.24) is 45.4 Å². The Morgan fingerprint density at radius 2 is 1.14 bits per heavy atom. The van der Waals surface area contributed by atoms with Gasteiger partial charge in [0.1, 0.15) is 23.7 Å². The number of H-pyrrole nitrogens is 2. The molecule has 2 fully saturated rings. The van der Waals surface area contributed by atoms with Gasteiger partial charge in [0.05, 0.1) is 55.8 Å². The summed E-state index contributed by atoms with van der Waals surface area (Å²) < 4.78 is 9.52. The lowest BCUT2D eigenvalue weighted by Gasteiger charge is -2.30. The average molecular weight is 790 g/mol. The SMILES string of the molecule is COC(=O)N[C@H](C(=O)N1CCCC1c1ncc(-c2cc3ccc(-c4ccc(-c5cnc([C@@H]6CCCN6C(=O)[C@@H](NC(=O)OC)C(C)C)[nH]5)cc4)cc3cn2)[nH]1)C(C)C. The number of likely N-dealkylation sites (tertiary alicyclic amines) is 2. The number of nitrogens with zero attached hydrogens (tertiary/aromatic N) is 5. The van der Waals surface area contributed by atoms with Crippen LogP contribution in [0.1, 0.15) is 77.1 Å². The van der Waals surface area contributed by atoms with E-state index in [1.807, 2.05) is 40.0 Å². The Balaban J connectivity index is 1.02. The van der Waals surface area contributed by atoms with E-state index >= 15 is 0 Å². The zero-order valence-electron chi connectivity index (χ0n) is 33.7. The second-order valence-electron chi connectivity index (χ2n) is 15.7. The molecule has 58 heavy (non-hydrogen) atoms. The van der Waals surface area contributed by atoms with Crippen LogP contribution in [0, 0.1) is 11.8 Å². The minimum absolute atomic E-state index is 0.107. The van der Waals surface area contributed by atoms with E-state index in [2.05, 4.69) is 73.0 Å². The van der Waals surface area contributed by atoms with E-state index in [1.54, 1.807) is 22.2 Å². The van der Waals surface area contributed by atoms with Crippen molar-refractivity contribution in [3.05, 3.63) is 78.8 Å². The number of hydrogen-bond donors (Lipinski definition) is 4. The van der Waals surface area contributed by atoms with Crippen LogP contribution >= 0.6 is 0 Å². The molecule has 304 valence electrons. The van der Waals surface area contributed by atoms with Crippen LogP contribution in [-0.4, -0.2) is 98.1 Å². The molecule has 1 unspecified atom stereocenters. The van der Waals surface area contributed by atoms with E-state index in [-0.39, 0.29) is 35.7 Å². The summed E-state index contributed by atoms with van der Waals surface area (Å²) >= 11 is 0. The first kappa shape index (κ1) is 40.0. The molecule has 0 aliphatic carbocycles. The van der Waals surface area contributed by atoms with Gasteiger partial charge in [-0.05, 0) is 71.7 Å². The Hall–Kier alpha value is -6.25. The fourth-order valence-corrected chi connectivity index (χ4v) is 7.99. The number of rotatable bonds is 11. The van der Waals surface area contributed by atoms with Crippen LogP contribution in [0.2, 0.25) is 0 Å². The van der Waals surface area contributed by atoms with Crippen molar-refractivity contribution in [3.8, 4) is 33.8 Å². The third-order valence-corrected chi connectivity index (χ3v) is 11.2. The maximum Gasteiger partial charge on any atom is 0.407 e. The Kier molecular flexibility index (Phi) is 11.8. The highest BCUT2D eigenvalue weighted by molar-refractivity contribution is 5.90. The number of carbonyl (C=O) groups excluding carboxylic acids is 4. The minimum Gasteiger partial charge on any atom is -0.453 e. The van der Waals surface area contributed by atoms with Gasteiger partial charge in [0.2, 0.25) is 11.8 Å². The number of benzene rings is 2. The zero-order chi connectivity index (χ0) is 41.1. The maximum atomic E-state index is 13.6. The number of alkyl carbamates (subject to hydrolysis) is 2. The summed E-state index contributed by atoms with van der Waals surface area (Å²) in [7, 11) is 2.58. The van der Waals surface area contributed by atoms with Crippen LogP contribution in [0.5, 0.6) is 0 Å². The van der Waals surface area contributed by atoms with Gasteiger partial charge in [0, 0.05) is 24.7 Å². The van der Waals surface area contributed by atoms with Crippen LogP contribution in [0.25, 0.3) is 44.5 Å². The first-order valence-corrected chi connectivity index (χ1v) is 19.9. The van der Waals surface area contributed by atoms with E-state index in [9.17, 15) is 19.2 Å². The molecular weight excluding hydrogens is 739 g/mol. The van der Waals surface area contributed by atoms with Gasteiger partial charge >= 0.3 is 12.2 Å². The molecule has 3 aromatic heterocycles. The first-order valence-electron chi connectivity index (χ1n) is 19.9. The van der Waals surface area contributed by atoms with Crippen molar-refractivity contribution in [3.63, 3.8) is 0 Å². The van der Waals surface area contributed by atoms with Gasteiger partial charge in [0.15, 0.2) is 0 Å². The van der Waals surface area contributed by atoms with Crippen molar-refractivity contribution >= 4 is 34.8 Å². The fourth-order valence-electron chi connectivity index (χ4n) is 7.99. The van der Waals surface area contributed by atoms with Gasteiger partial charge in [-0.15, -0.1) is 0 Å². The molecule has 0 radical (unpaired) electrons. The highest BCUT2D eigenvalue weighted by atomic mass is 16.5. The predicted molar refractivity (Wildman–Crippen MR) is 218 cm³/mol. The molecule has 2 aliphatic rings. The number of pyridine rings is 1. The molecular formula is C43H51N9O6. The van der Waals surface area contributed by atoms with Gasteiger partial charge in [-0.1, -0.05) is 64.1 Å². The number of fused-ring (bicyclic) bond motifs is 1. The lowest BCUT2D eigenvalue weighted by Crippen LogP contribution is -2.51. The number of ether oxygens (including phenoxy) is 2. The van der Waals surface area contributed by atoms with Crippen LogP contribution in [0.4, 0.5) is 9.59 Å². The van der Waals surface area contributed by atoms with E-state index < -0.39 is 24.3 Å². The fraction of sp³-hybridized carbons (Fsp3) is 0.419. The Morgan fingerprint density at radius 3 is 1.67 bits per heavy atom. The van der Waals surface area contributed by atoms with Gasteiger partial charge in [0.25, 0.3) is 0 Å². The smallest absolute Gasteiger partial charge is 0.407 e. The van der Waals surface area contributed by atoms with E-state index in [0.29, 0.717) is 18.9 Å². The quantitative estimate of drug-likeness (QED) is 0.112. The van der Waals surface area contributed by atoms with Crippen LogP contribution < -0.4 is 10.6 Å². The molecule has 0 bridgehead atoms. The number of hydrogen-bond acceptors (Lipinski definition) is 9. The number of imidazole rings is 2. The number of methoxy groups -OCH3 is 2. The normalized spacial score (nSPS) is 17.8. The molecule has 0 saturated carbocycles. The van der Waals surface area contributed by atoms with Crippen molar-refractivity contribution in [2.24, 2.45) is 11.8 Å². The lowest BCUT2D eigenvalue weighted by molar-refractivity contribution is -0.136. The molecule has 4 atom stereocenters. The highest BCUT2D eigenvalue weighted by Crippen LogP contribution is 2.35. The van der Waals surface area contributed by atoms with Crippen molar-refractivity contribution in [1.29, 1.82) is 0 Å². The van der Waals surface area contributed by atoms with Gasteiger partial charge in [-0.2, -0.15) is 0 Å². The highest BCUT2D eigenvalue weighted by Gasteiger charge is 2.39. The molecule has 4 N–H and O–H groups in total. The maximum absolute atomic E-state index is 13.6. The van der Waals surface area contributed by atoms with Gasteiger partial charge < -0.3 is 39.9 Å². The standard InChI is InChI=1S/C43H51N9O6/c1-24(2)36(49-42(55)57-5)40(53)51-17-7-9-34(51)38-45-22-32(47-38)27-13-11-26(12-14-27)28-15-16-29-20-31(44-21-30(29)19-28)33-23-46-39(48-33)35-10-8-18-52(35)41(54)37(25(3)4)50-43(56)58-6/h11-16,19-25,34-37H,7-10,17-18H2,1-6H3,(H,45,47)(H,46,48)(H,49,55)(H,50,56)/t34-,35?,36-,37-/m0/s1. The van der Waals surface area contributed by atoms with Crippen molar-refractivity contribution in [2.45, 2.75) is 77.5 Å². The number of aromatic nitrogens is 5. The zero-order valence-corrected chi connectivity index (χ0v) is 33.7. The molecule has 15 nitrogen and oxygen atoms in total. The first-order chi connectivity index (χ1) is 27.9. The largest absolute Gasteiger partial charge is 0.453 e. The second kappa shape index (κ2) is 17.1. The molecule has 2 aromatic carbocycles. The van der Waals surface area contributed by atoms with E-state index in [4.69, 9.17) is 14.5 Å². The summed E-state index contributed by atoms with van der Waals surface area (Å²) in [6.45, 7) is 8.76. The molecule has 2 saturated heterocycles. The van der Waals surface area contributed by atoms with Crippen LogP contribution in [-0.2, 0) is 19.1 Å². The van der Waals surface area contributed by atoms with Crippen LogP contribution in [0.3, 0.4) is 0 Å². The second-order valence-corrected chi connectivity index (χ2v) is 15.7. The number of carbonyl (C=O) groups is 4. The summed E-state index contributed by atoms with van der Waals surface area (Å²) in [4.78, 5) is 75.6. The molecule has 5 heterocycles. The molecule has 0 spiro atoms. The average Bonchev–Trinajstić information content (AvgIpc) is 4.07. The Bertz CT molecular complexity index is 2280. The molecule has 5 aromatic rings. The van der Waals surface area contributed by atoms with Gasteiger partial charge in [-0.25, -0.2) is 19.6 Å². The predicted octanol–water partition coefficient (Wildman–Crippen LogP) is 6.77. The molecule has 2 aliphatic heterocycles. The Labute approximate surface area is 337 Å². The van der Waals surface area contributed by atoms with Gasteiger partial charge in [-0.3, -0.25) is 14.6 Å². The summed E-state index contributed by atoms with van der Waals surface area (Å²) in [5.74, 6) is 0.892. The third-order valence-electron chi connectivity index (χ3n) is 11.2. The molecule has 4 amide bonds. The number of amides is 4.